The molecule has 4 heteroatoms. The zero-order valence-corrected chi connectivity index (χ0v) is 13.7. The van der Waals surface area contributed by atoms with Crippen molar-refractivity contribution in [1.29, 1.82) is 0 Å². The zero-order valence-electron chi connectivity index (χ0n) is 13.7. The molecular formula is C21H17NO3. The molecule has 3 rings (SSSR count). The van der Waals surface area contributed by atoms with Gasteiger partial charge >= 0.3 is 5.97 Å². The molecule has 0 unspecified atom stereocenters. The molecule has 4 nitrogen and oxygen atoms in total. The Kier molecular flexibility index (Phi) is 4.90. The molecule has 0 aliphatic heterocycles. The molecule has 1 N–H and O–H groups in total. The van der Waals surface area contributed by atoms with Gasteiger partial charge < -0.3 is 10.1 Å². The lowest BCUT2D eigenvalue weighted by atomic mass is 10.0. The van der Waals surface area contributed by atoms with Crippen molar-refractivity contribution in [2.45, 2.75) is 0 Å². The Bertz CT molecular complexity index is 960. The van der Waals surface area contributed by atoms with E-state index in [2.05, 4.69) is 5.32 Å². The SMILES string of the molecule is COC(=O)c1ccccc1N/C=C\C(=O)c1ccc2ccccc2c1. The monoisotopic (exact) mass is 331 g/mol. The molecule has 25 heavy (non-hydrogen) atoms. The Morgan fingerprint density at radius 1 is 0.920 bits per heavy atom. The van der Waals surface area contributed by atoms with E-state index in [1.165, 1.54) is 19.4 Å². The Labute approximate surface area is 145 Å². The Hall–Kier alpha value is -3.40. The zero-order chi connectivity index (χ0) is 17.6. The van der Waals surface area contributed by atoms with E-state index >= 15 is 0 Å². The summed E-state index contributed by atoms with van der Waals surface area (Å²) in [4.78, 5) is 24.1. The van der Waals surface area contributed by atoms with Gasteiger partial charge in [-0.3, -0.25) is 4.79 Å². The highest BCUT2D eigenvalue weighted by Crippen LogP contribution is 2.17. The Balaban J connectivity index is 1.76. The number of para-hydroxylation sites is 1. The third kappa shape index (κ3) is 3.75. The van der Waals surface area contributed by atoms with Crippen molar-refractivity contribution in [3.63, 3.8) is 0 Å². The summed E-state index contributed by atoms with van der Waals surface area (Å²) in [5.41, 5.74) is 1.60. The first-order valence-corrected chi connectivity index (χ1v) is 7.82. The third-order valence-electron chi connectivity index (χ3n) is 3.84. The van der Waals surface area contributed by atoms with E-state index in [9.17, 15) is 9.59 Å². The fourth-order valence-electron chi connectivity index (χ4n) is 2.54. The summed E-state index contributed by atoms with van der Waals surface area (Å²) in [7, 11) is 1.33. The minimum Gasteiger partial charge on any atom is -0.465 e. The van der Waals surface area contributed by atoms with Crippen LogP contribution < -0.4 is 5.32 Å². The maximum absolute atomic E-state index is 12.3. The van der Waals surface area contributed by atoms with E-state index in [0.717, 1.165) is 10.8 Å². The van der Waals surface area contributed by atoms with Crippen LogP contribution in [-0.4, -0.2) is 18.9 Å². The topological polar surface area (TPSA) is 55.4 Å². The molecule has 0 atom stereocenters. The van der Waals surface area contributed by atoms with Gasteiger partial charge in [-0.1, -0.05) is 48.5 Å². The van der Waals surface area contributed by atoms with E-state index in [0.29, 0.717) is 16.8 Å². The molecule has 124 valence electrons. The number of nitrogens with one attached hydrogen (secondary N) is 1. The second-order valence-corrected chi connectivity index (χ2v) is 5.44. The third-order valence-corrected chi connectivity index (χ3v) is 3.84. The van der Waals surface area contributed by atoms with Gasteiger partial charge in [0, 0.05) is 17.8 Å². The van der Waals surface area contributed by atoms with Gasteiger partial charge in [0.15, 0.2) is 5.78 Å². The predicted molar refractivity (Wildman–Crippen MR) is 98.8 cm³/mol. The Morgan fingerprint density at radius 2 is 1.64 bits per heavy atom. The highest BCUT2D eigenvalue weighted by molar-refractivity contribution is 6.07. The molecule has 0 spiro atoms. The molecule has 0 radical (unpaired) electrons. The summed E-state index contributed by atoms with van der Waals surface area (Å²) in [6, 6.07) is 20.4. The van der Waals surface area contributed by atoms with E-state index in [4.69, 9.17) is 4.74 Å². The molecular weight excluding hydrogens is 314 g/mol. The smallest absolute Gasteiger partial charge is 0.339 e. The van der Waals surface area contributed by atoms with E-state index in [-0.39, 0.29) is 5.78 Å². The number of ketones is 1. The highest BCUT2D eigenvalue weighted by atomic mass is 16.5. The van der Waals surface area contributed by atoms with Crippen LogP contribution in [0.25, 0.3) is 10.8 Å². The van der Waals surface area contributed by atoms with E-state index in [1.54, 1.807) is 30.3 Å². The molecule has 0 saturated carbocycles. The number of rotatable bonds is 5. The number of carbonyl (C=O) groups excluding carboxylic acids is 2. The van der Waals surface area contributed by atoms with Crippen LogP contribution in [0.2, 0.25) is 0 Å². The van der Waals surface area contributed by atoms with Crippen LogP contribution in [0.3, 0.4) is 0 Å². The quantitative estimate of drug-likeness (QED) is 0.427. The number of fused-ring (bicyclic) bond motifs is 1. The number of esters is 1. The van der Waals surface area contributed by atoms with Gasteiger partial charge in [0.05, 0.1) is 18.4 Å². The van der Waals surface area contributed by atoms with Crippen molar-refractivity contribution < 1.29 is 14.3 Å². The lowest BCUT2D eigenvalue weighted by Crippen LogP contribution is -2.05. The van der Waals surface area contributed by atoms with Crippen LogP contribution in [0.4, 0.5) is 5.69 Å². The Morgan fingerprint density at radius 3 is 2.44 bits per heavy atom. The molecule has 0 aromatic heterocycles. The number of anilines is 1. The minimum atomic E-state index is -0.433. The minimum absolute atomic E-state index is 0.117. The maximum Gasteiger partial charge on any atom is 0.339 e. The van der Waals surface area contributed by atoms with Gasteiger partial charge in [0.2, 0.25) is 0 Å². The number of ether oxygens (including phenoxy) is 1. The summed E-state index contributed by atoms with van der Waals surface area (Å²) in [6.45, 7) is 0. The first kappa shape index (κ1) is 16.5. The van der Waals surface area contributed by atoms with E-state index in [1.807, 2.05) is 36.4 Å². The van der Waals surface area contributed by atoms with Crippen LogP contribution in [-0.2, 0) is 4.74 Å². The molecule has 0 aliphatic rings. The van der Waals surface area contributed by atoms with Crippen LogP contribution in [0.5, 0.6) is 0 Å². The van der Waals surface area contributed by atoms with Crippen molar-refractivity contribution >= 4 is 28.2 Å². The molecule has 3 aromatic rings. The van der Waals surface area contributed by atoms with Crippen molar-refractivity contribution in [2.75, 3.05) is 12.4 Å². The van der Waals surface area contributed by atoms with Gasteiger partial charge in [-0.05, 0) is 29.0 Å². The first-order chi connectivity index (χ1) is 12.2. The highest BCUT2D eigenvalue weighted by Gasteiger charge is 2.09. The fraction of sp³-hybridized carbons (Fsp3) is 0.0476. The van der Waals surface area contributed by atoms with Crippen LogP contribution in [0.15, 0.2) is 79.0 Å². The van der Waals surface area contributed by atoms with Gasteiger partial charge in [0.1, 0.15) is 0 Å². The number of hydrogen-bond acceptors (Lipinski definition) is 4. The summed E-state index contributed by atoms with van der Waals surface area (Å²) >= 11 is 0. The normalized spacial score (nSPS) is 10.8. The lowest BCUT2D eigenvalue weighted by Gasteiger charge is -2.07. The number of allylic oxidation sites excluding steroid dienone is 1. The van der Waals surface area contributed by atoms with Crippen molar-refractivity contribution in [1.82, 2.24) is 0 Å². The summed E-state index contributed by atoms with van der Waals surface area (Å²) < 4.78 is 4.74. The van der Waals surface area contributed by atoms with Gasteiger partial charge in [0.25, 0.3) is 0 Å². The van der Waals surface area contributed by atoms with E-state index < -0.39 is 5.97 Å². The van der Waals surface area contributed by atoms with Crippen LogP contribution in [0, 0.1) is 0 Å². The summed E-state index contributed by atoms with van der Waals surface area (Å²) in [5.74, 6) is -0.550. The average Bonchev–Trinajstić information content (AvgIpc) is 2.67. The molecule has 0 heterocycles. The second-order valence-electron chi connectivity index (χ2n) is 5.44. The van der Waals surface area contributed by atoms with Gasteiger partial charge in [-0.25, -0.2) is 4.79 Å². The first-order valence-electron chi connectivity index (χ1n) is 7.82. The van der Waals surface area contributed by atoms with Crippen molar-refractivity contribution in [2.24, 2.45) is 0 Å². The van der Waals surface area contributed by atoms with Gasteiger partial charge in [-0.15, -0.1) is 0 Å². The fourth-order valence-corrected chi connectivity index (χ4v) is 2.54. The number of methoxy groups -OCH3 is 1. The molecule has 0 bridgehead atoms. The maximum atomic E-state index is 12.3. The van der Waals surface area contributed by atoms with Crippen molar-refractivity contribution in [3.05, 3.63) is 90.1 Å². The number of benzene rings is 3. The van der Waals surface area contributed by atoms with Gasteiger partial charge in [-0.2, -0.15) is 0 Å². The molecule has 3 aromatic carbocycles. The standard InChI is InChI=1S/C21H17NO3/c1-25-21(24)18-8-4-5-9-19(18)22-13-12-20(23)17-11-10-15-6-2-3-7-16(15)14-17/h2-14,22H,1H3/b13-12-. The molecule has 0 saturated heterocycles. The lowest BCUT2D eigenvalue weighted by molar-refractivity contribution is 0.0601. The van der Waals surface area contributed by atoms with Crippen molar-refractivity contribution in [3.8, 4) is 0 Å². The number of carbonyl (C=O) groups is 2. The largest absolute Gasteiger partial charge is 0.465 e. The molecule has 0 fully saturated rings. The van der Waals surface area contributed by atoms with Crippen LogP contribution >= 0.6 is 0 Å². The summed E-state index contributed by atoms with van der Waals surface area (Å²) in [6.07, 6.45) is 2.97. The van der Waals surface area contributed by atoms with Crippen LogP contribution in [0.1, 0.15) is 20.7 Å². The predicted octanol–water partition coefficient (Wildman–Crippen LogP) is 4.43. The average molecular weight is 331 g/mol. The summed E-state index contributed by atoms with van der Waals surface area (Å²) in [5, 5.41) is 5.07. The number of hydrogen-bond donors (Lipinski definition) is 1. The molecule has 0 amide bonds. The second kappa shape index (κ2) is 7.45. The molecule has 0 aliphatic carbocycles.